The predicted molar refractivity (Wildman–Crippen MR) is 97.7 cm³/mol. The molecule has 0 amide bonds. The van der Waals surface area contributed by atoms with E-state index in [1.165, 1.54) is 18.2 Å². The van der Waals surface area contributed by atoms with E-state index in [0.717, 1.165) is 18.2 Å². The third-order valence-electron chi connectivity index (χ3n) is 3.79. The van der Waals surface area contributed by atoms with E-state index >= 15 is 0 Å². The lowest BCUT2D eigenvalue weighted by atomic mass is 10.3. The Bertz CT molecular complexity index is 1060. The van der Waals surface area contributed by atoms with Crippen LogP contribution in [-0.2, 0) is 14.8 Å². The SMILES string of the molecule is O=C(O)CN(c1cc([N+](=O)[O-])ccc1Cl)S(=O)(=O)c1ccc2c(c1)OCCO2. The summed E-state index contributed by atoms with van der Waals surface area (Å²) in [6.07, 6.45) is 0. The number of benzene rings is 2. The number of carboxylic acid groups (broad SMARTS) is 1. The van der Waals surface area contributed by atoms with Gasteiger partial charge in [0, 0.05) is 18.2 Å². The summed E-state index contributed by atoms with van der Waals surface area (Å²) in [6, 6.07) is 6.92. The van der Waals surface area contributed by atoms with E-state index in [1.807, 2.05) is 0 Å². The van der Waals surface area contributed by atoms with Crippen LogP contribution in [0.2, 0.25) is 5.02 Å². The molecule has 0 saturated carbocycles. The first-order chi connectivity index (χ1) is 13.2. The van der Waals surface area contributed by atoms with E-state index in [1.54, 1.807) is 0 Å². The van der Waals surface area contributed by atoms with Crippen molar-refractivity contribution in [1.82, 2.24) is 0 Å². The van der Waals surface area contributed by atoms with Crippen molar-refractivity contribution in [2.24, 2.45) is 0 Å². The van der Waals surface area contributed by atoms with E-state index in [-0.39, 0.29) is 28.0 Å². The fourth-order valence-electron chi connectivity index (χ4n) is 2.54. The highest BCUT2D eigenvalue weighted by molar-refractivity contribution is 7.92. The van der Waals surface area contributed by atoms with E-state index < -0.39 is 33.1 Å². The molecule has 28 heavy (non-hydrogen) atoms. The van der Waals surface area contributed by atoms with Gasteiger partial charge in [0.1, 0.15) is 19.8 Å². The number of aliphatic carboxylic acids is 1. The van der Waals surface area contributed by atoms with Gasteiger partial charge in [-0.15, -0.1) is 0 Å². The van der Waals surface area contributed by atoms with Gasteiger partial charge in [-0.1, -0.05) is 11.6 Å². The van der Waals surface area contributed by atoms with Crippen molar-refractivity contribution in [2.45, 2.75) is 4.90 Å². The minimum atomic E-state index is -4.44. The van der Waals surface area contributed by atoms with Gasteiger partial charge in [0.15, 0.2) is 11.5 Å². The number of sulfonamides is 1. The molecule has 0 saturated heterocycles. The standard InChI is InChI=1S/C16H13ClN2O8S/c17-12-3-1-10(19(22)23)7-13(12)18(9-16(20)21)28(24,25)11-2-4-14-15(8-11)27-6-5-26-14/h1-4,7-8H,5-6,9H2,(H,20,21). The molecule has 0 aromatic heterocycles. The molecule has 2 aromatic rings. The normalized spacial score (nSPS) is 13.0. The molecule has 10 nitrogen and oxygen atoms in total. The van der Waals surface area contributed by atoms with Gasteiger partial charge in [-0.2, -0.15) is 0 Å². The number of nitro groups is 1. The molecule has 2 aromatic carbocycles. The zero-order valence-corrected chi connectivity index (χ0v) is 15.6. The first kappa shape index (κ1) is 19.7. The van der Waals surface area contributed by atoms with Gasteiger partial charge in [0.05, 0.1) is 20.5 Å². The number of non-ortho nitro benzene ring substituents is 1. The second kappa shape index (κ2) is 7.52. The first-order valence-electron chi connectivity index (χ1n) is 7.78. The third-order valence-corrected chi connectivity index (χ3v) is 5.87. The fourth-order valence-corrected chi connectivity index (χ4v) is 4.25. The van der Waals surface area contributed by atoms with Gasteiger partial charge in [0.2, 0.25) is 0 Å². The largest absolute Gasteiger partial charge is 0.486 e. The maximum atomic E-state index is 13.1. The molecule has 1 heterocycles. The molecule has 0 aliphatic carbocycles. The van der Waals surface area contributed by atoms with Gasteiger partial charge in [0.25, 0.3) is 15.7 Å². The van der Waals surface area contributed by atoms with E-state index in [4.69, 9.17) is 21.1 Å². The molecule has 0 fully saturated rings. The Hall–Kier alpha value is -3.05. The number of ether oxygens (including phenoxy) is 2. The highest BCUT2D eigenvalue weighted by Crippen LogP contribution is 2.37. The van der Waals surface area contributed by atoms with Gasteiger partial charge in [-0.25, -0.2) is 8.42 Å². The number of nitro benzene ring substituents is 1. The Labute approximate surface area is 164 Å². The van der Waals surface area contributed by atoms with Crippen LogP contribution in [0.1, 0.15) is 0 Å². The number of halogens is 1. The molecular weight excluding hydrogens is 416 g/mol. The zero-order valence-electron chi connectivity index (χ0n) is 14.1. The van der Waals surface area contributed by atoms with E-state index in [9.17, 15) is 28.4 Å². The van der Waals surface area contributed by atoms with E-state index in [2.05, 4.69) is 0 Å². The van der Waals surface area contributed by atoms with Gasteiger partial charge < -0.3 is 14.6 Å². The van der Waals surface area contributed by atoms with Crippen LogP contribution in [0.15, 0.2) is 41.3 Å². The van der Waals surface area contributed by atoms with Crippen molar-refractivity contribution >= 4 is 39.0 Å². The second-order valence-electron chi connectivity index (χ2n) is 5.60. The van der Waals surface area contributed by atoms with Crippen LogP contribution >= 0.6 is 11.6 Å². The maximum Gasteiger partial charge on any atom is 0.324 e. The number of fused-ring (bicyclic) bond motifs is 1. The van der Waals surface area contributed by atoms with Crippen LogP contribution in [0, 0.1) is 10.1 Å². The maximum absolute atomic E-state index is 13.1. The van der Waals surface area contributed by atoms with Gasteiger partial charge in [-0.3, -0.25) is 19.2 Å². The van der Waals surface area contributed by atoms with Crippen LogP contribution in [0.25, 0.3) is 0 Å². The van der Waals surface area contributed by atoms with Crippen LogP contribution < -0.4 is 13.8 Å². The van der Waals surface area contributed by atoms with Crippen LogP contribution in [0.4, 0.5) is 11.4 Å². The number of anilines is 1. The Balaban J connectivity index is 2.12. The lowest BCUT2D eigenvalue weighted by Crippen LogP contribution is -2.36. The lowest BCUT2D eigenvalue weighted by molar-refractivity contribution is -0.384. The van der Waals surface area contributed by atoms with Crippen molar-refractivity contribution in [3.8, 4) is 11.5 Å². The molecule has 0 spiro atoms. The third kappa shape index (κ3) is 3.80. The van der Waals surface area contributed by atoms with Crippen molar-refractivity contribution in [1.29, 1.82) is 0 Å². The quantitative estimate of drug-likeness (QED) is 0.546. The predicted octanol–water partition coefficient (Wildman–Crippen LogP) is 2.30. The average Bonchev–Trinajstić information content (AvgIpc) is 2.66. The molecule has 148 valence electrons. The first-order valence-corrected chi connectivity index (χ1v) is 9.60. The Morgan fingerprint density at radius 2 is 1.86 bits per heavy atom. The molecule has 0 atom stereocenters. The Kier molecular flexibility index (Phi) is 5.29. The summed E-state index contributed by atoms with van der Waals surface area (Å²) in [5, 5.41) is 20.1. The summed E-state index contributed by atoms with van der Waals surface area (Å²) in [5.74, 6) is -0.931. The number of nitrogens with zero attached hydrogens (tertiary/aromatic N) is 2. The number of hydrogen-bond donors (Lipinski definition) is 1. The molecule has 3 rings (SSSR count). The van der Waals surface area contributed by atoms with Crippen molar-refractivity contribution in [2.75, 3.05) is 24.1 Å². The average molecular weight is 429 g/mol. The minimum Gasteiger partial charge on any atom is -0.486 e. The zero-order chi connectivity index (χ0) is 20.5. The summed E-state index contributed by atoms with van der Waals surface area (Å²) < 4.78 is 37.4. The molecule has 1 N–H and O–H groups in total. The molecule has 0 radical (unpaired) electrons. The number of rotatable bonds is 6. The highest BCUT2D eigenvalue weighted by Gasteiger charge is 2.31. The number of hydrogen-bond acceptors (Lipinski definition) is 7. The van der Waals surface area contributed by atoms with Crippen LogP contribution in [0.3, 0.4) is 0 Å². The second-order valence-corrected chi connectivity index (χ2v) is 7.87. The van der Waals surface area contributed by atoms with Crippen molar-refractivity contribution < 1.29 is 32.7 Å². The summed E-state index contributed by atoms with van der Waals surface area (Å²) in [4.78, 5) is 21.3. The Morgan fingerprint density at radius 1 is 1.18 bits per heavy atom. The lowest BCUT2D eigenvalue weighted by Gasteiger charge is -2.25. The Morgan fingerprint density at radius 3 is 2.50 bits per heavy atom. The van der Waals surface area contributed by atoms with Crippen molar-refractivity contribution in [3.63, 3.8) is 0 Å². The molecule has 0 unspecified atom stereocenters. The fraction of sp³-hybridized carbons (Fsp3) is 0.188. The highest BCUT2D eigenvalue weighted by atomic mass is 35.5. The minimum absolute atomic E-state index is 0.159. The summed E-state index contributed by atoms with van der Waals surface area (Å²) in [6.45, 7) is -0.447. The number of carboxylic acids is 1. The topological polar surface area (TPSA) is 136 Å². The van der Waals surface area contributed by atoms with Crippen LogP contribution in [0.5, 0.6) is 11.5 Å². The summed E-state index contributed by atoms with van der Waals surface area (Å²) in [7, 11) is -4.44. The summed E-state index contributed by atoms with van der Waals surface area (Å²) in [5.41, 5.74) is -0.764. The molecular formula is C16H13ClN2O8S. The molecule has 1 aliphatic heterocycles. The molecule has 12 heteroatoms. The van der Waals surface area contributed by atoms with E-state index in [0.29, 0.717) is 16.7 Å². The molecule has 0 bridgehead atoms. The smallest absolute Gasteiger partial charge is 0.324 e. The monoisotopic (exact) mass is 428 g/mol. The molecule has 1 aliphatic rings. The van der Waals surface area contributed by atoms with Gasteiger partial charge >= 0.3 is 5.97 Å². The van der Waals surface area contributed by atoms with Gasteiger partial charge in [-0.05, 0) is 18.2 Å². The summed E-state index contributed by atoms with van der Waals surface area (Å²) >= 11 is 6.02. The number of carbonyl (C=O) groups is 1. The van der Waals surface area contributed by atoms with Crippen LogP contribution in [-0.4, -0.2) is 44.2 Å². The van der Waals surface area contributed by atoms with Crippen molar-refractivity contribution in [3.05, 3.63) is 51.5 Å².